The lowest BCUT2D eigenvalue weighted by molar-refractivity contribution is 1.29. The van der Waals surface area contributed by atoms with Crippen molar-refractivity contribution in [1.82, 2.24) is 4.98 Å². The molecule has 0 unspecified atom stereocenters. The second kappa shape index (κ2) is 9.92. The minimum absolute atomic E-state index is 1.01. The Labute approximate surface area is 228 Å². The molecule has 0 saturated heterocycles. The number of anilines is 3. The molecule has 184 valence electrons. The van der Waals surface area contributed by atoms with Gasteiger partial charge in [-0.25, -0.2) is 0 Å². The summed E-state index contributed by atoms with van der Waals surface area (Å²) in [7, 11) is 0. The summed E-state index contributed by atoms with van der Waals surface area (Å²) >= 11 is 0. The quantitative estimate of drug-likeness (QED) is 0.235. The Kier molecular flexibility index (Phi) is 5.84. The van der Waals surface area contributed by atoms with E-state index in [1.807, 2.05) is 12.3 Å². The van der Waals surface area contributed by atoms with Gasteiger partial charge in [0.2, 0.25) is 0 Å². The molecule has 39 heavy (non-hydrogen) atoms. The third kappa shape index (κ3) is 4.54. The van der Waals surface area contributed by atoms with Crippen LogP contribution in [0.4, 0.5) is 17.1 Å². The van der Waals surface area contributed by atoms with E-state index in [-0.39, 0.29) is 0 Å². The summed E-state index contributed by atoms with van der Waals surface area (Å²) in [4.78, 5) is 6.81. The van der Waals surface area contributed by atoms with Crippen molar-refractivity contribution in [2.45, 2.75) is 0 Å². The first-order chi connectivity index (χ1) is 19.3. The topological polar surface area (TPSA) is 16.1 Å². The molecule has 0 amide bonds. The molecular formula is C37H26N2. The Morgan fingerprint density at radius 2 is 1.00 bits per heavy atom. The summed E-state index contributed by atoms with van der Waals surface area (Å²) in [5, 5.41) is 3.57. The smallest absolute Gasteiger partial charge is 0.0702 e. The molecule has 0 radical (unpaired) electrons. The van der Waals surface area contributed by atoms with Gasteiger partial charge in [-0.15, -0.1) is 0 Å². The van der Waals surface area contributed by atoms with Crippen LogP contribution in [0.1, 0.15) is 0 Å². The van der Waals surface area contributed by atoms with E-state index < -0.39 is 0 Å². The monoisotopic (exact) mass is 498 g/mol. The van der Waals surface area contributed by atoms with Gasteiger partial charge in [0.1, 0.15) is 0 Å². The van der Waals surface area contributed by atoms with Gasteiger partial charge in [-0.3, -0.25) is 4.98 Å². The van der Waals surface area contributed by atoms with Gasteiger partial charge in [-0.1, -0.05) is 91.0 Å². The normalized spacial score (nSPS) is 11.1. The van der Waals surface area contributed by atoms with Crippen LogP contribution in [0.15, 0.2) is 158 Å². The minimum Gasteiger partial charge on any atom is -0.310 e. The zero-order valence-electron chi connectivity index (χ0n) is 21.4. The van der Waals surface area contributed by atoms with Crippen molar-refractivity contribution in [1.29, 1.82) is 0 Å². The predicted molar refractivity (Wildman–Crippen MR) is 165 cm³/mol. The molecule has 0 aliphatic heterocycles. The summed E-state index contributed by atoms with van der Waals surface area (Å²) < 4.78 is 0. The first-order valence-corrected chi connectivity index (χ1v) is 13.2. The van der Waals surface area contributed by atoms with Crippen LogP contribution in [0.25, 0.3) is 43.9 Å². The van der Waals surface area contributed by atoms with Gasteiger partial charge in [-0.05, 0) is 93.7 Å². The Bertz CT molecular complexity index is 1910. The van der Waals surface area contributed by atoms with Crippen LogP contribution in [-0.2, 0) is 0 Å². The molecule has 2 nitrogen and oxygen atoms in total. The number of pyridine rings is 1. The predicted octanol–water partition coefficient (Wildman–Crippen LogP) is 10.2. The molecule has 0 saturated carbocycles. The molecule has 1 heterocycles. The summed E-state index contributed by atoms with van der Waals surface area (Å²) in [6.07, 6.45) is 1.84. The number of para-hydroxylation sites is 1. The number of benzene rings is 6. The van der Waals surface area contributed by atoms with E-state index in [9.17, 15) is 0 Å². The van der Waals surface area contributed by atoms with Crippen LogP contribution in [0, 0.1) is 0 Å². The number of fused-ring (bicyclic) bond motifs is 2. The third-order valence-corrected chi connectivity index (χ3v) is 7.24. The van der Waals surface area contributed by atoms with Crippen molar-refractivity contribution in [3.8, 4) is 22.3 Å². The van der Waals surface area contributed by atoms with Gasteiger partial charge >= 0.3 is 0 Å². The molecule has 0 fully saturated rings. The van der Waals surface area contributed by atoms with Crippen LogP contribution in [0.3, 0.4) is 0 Å². The first-order valence-electron chi connectivity index (χ1n) is 13.2. The van der Waals surface area contributed by atoms with Gasteiger partial charge in [0.05, 0.1) is 5.52 Å². The van der Waals surface area contributed by atoms with Gasteiger partial charge in [0, 0.05) is 28.6 Å². The van der Waals surface area contributed by atoms with Crippen LogP contribution in [0.5, 0.6) is 0 Å². The lowest BCUT2D eigenvalue weighted by Crippen LogP contribution is -2.09. The van der Waals surface area contributed by atoms with Crippen molar-refractivity contribution >= 4 is 38.7 Å². The molecule has 0 aliphatic rings. The van der Waals surface area contributed by atoms with E-state index in [4.69, 9.17) is 0 Å². The highest BCUT2D eigenvalue weighted by molar-refractivity contribution is 5.93. The van der Waals surface area contributed by atoms with E-state index in [0.717, 1.165) is 28.0 Å². The van der Waals surface area contributed by atoms with Gasteiger partial charge < -0.3 is 4.90 Å². The van der Waals surface area contributed by atoms with Crippen molar-refractivity contribution in [3.63, 3.8) is 0 Å². The largest absolute Gasteiger partial charge is 0.310 e. The second-order valence-corrected chi connectivity index (χ2v) is 9.74. The minimum atomic E-state index is 1.01. The molecule has 0 spiro atoms. The van der Waals surface area contributed by atoms with Crippen LogP contribution in [0.2, 0.25) is 0 Å². The Balaban J connectivity index is 1.34. The molecule has 7 aromatic rings. The highest BCUT2D eigenvalue weighted by Crippen LogP contribution is 2.38. The lowest BCUT2D eigenvalue weighted by Gasteiger charge is -2.26. The molecule has 6 aromatic carbocycles. The zero-order chi connectivity index (χ0) is 26.0. The molecule has 7 rings (SSSR count). The Morgan fingerprint density at radius 3 is 1.85 bits per heavy atom. The van der Waals surface area contributed by atoms with Crippen LogP contribution >= 0.6 is 0 Å². The van der Waals surface area contributed by atoms with Crippen LogP contribution < -0.4 is 4.90 Å². The van der Waals surface area contributed by atoms with Gasteiger partial charge in [0.15, 0.2) is 0 Å². The molecule has 0 bridgehead atoms. The molecule has 0 N–H and O–H groups in total. The van der Waals surface area contributed by atoms with Crippen LogP contribution in [-0.4, -0.2) is 4.98 Å². The van der Waals surface area contributed by atoms with E-state index >= 15 is 0 Å². The van der Waals surface area contributed by atoms with E-state index in [1.165, 1.54) is 33.0 Å². The third-order valence-electron chi connectivity index (χ3n) is 7.24. The fraction of sp³-hybridized carbons (Fsp3) is 0. The molecular weight excluding hydrogens is 472 g/mol. The van der Waals surface area contributed by atoms with E-state index in [2.05, 4.69) is 155 Å². The number of nitrogens with zero attached hydrogens (tertiary/aromatic N) is 2. The van der Waals surface area contributed by atoms with E-state index in [1.54, 1.807) is 0 Å². The number of hydrogen-bond donors (Lipinski definition) is 0. The zero-order valence-corrected chi connectivity index (χ0v) is 21.4. The lowest BCUT2D eigenvalue weighted by atomic mass is 9.99. The fourth-order valence-corrected chi connectivity index (χ4v) is 5.29. The molecule has 1 aromatic heterocycles. The summed E-state index contributed by atoms with van der Waals surface area (Å²) in [6, 6.07) is 53.9. The molecule has 0 aliphatic carbocycles. The van der Waals surface area contributed by atoms with Crippen molar-refractivity contribution < 1.29 is 0 Å². The second-order valence-electron chi connectivity index (χ2n) is 9.74. The maximum absolute atomic E-state index is 4.47. The number of rotatable bonds is 5. The Hall–Kier alpha value is -5.21. The molecule has 2 heteroatoms. The molecule has 0 atom stereocenters. The van der Waals surface area contributed by atoms with Crippen molar-refractivity contribution in [2.75, 3.05) is 4.90 Å². The maximum Gasteiger partial charge on any atom is 0.0702 e. The fourth-order valence-electron chi connectivity index (χ4n) is 5.29. The highest BCUT2D eigenvalue weighted by Gasteiger charge is 2.14. The number of aromatic nitrogens is 1. The van der Waals surface area contributed by atoms with Gasteiger partial charge in [-0.2, -0.15) is 0 Å². The maximum atomic E-state index is 4.47. The number of hydrogen-bond acceptors (Lipinski definition) is 2. The highest BCUT2D eigenvalue weighted by atomic mass is 15.1. The van der Waals surface area contributed by atoms with Gasteiger partial charge in [0.25, 0.3) is 0 Å². The SMILES string of the molecule is c1ccc(-c2cccc(N(c3ccccc3)c3ccc4ccc(-c5ccc6ncccc6c5)cc4c3)c2)cc1. The summed E-state index contributed by atoms with van der Waals surface area (Å²) in [5.74, 6) is 0. The summed E-state index contributed by atoms with van der Waals surface area (Å²) in [6.45, 7) is 0. The van der Waals surface area contributed by atoms with Crippen molar-refractivity contribution in [2.24, 2.45) is 0 Å². The first kappa shape index (κ1) is 22.9. The average molecular weight is 499 g/mol. The average Bonchev–Trinajstić information content (AvgIpc) is 3.02. The standard InChI is InChI=1S/C37H26N2/c1-3-9-27(10-4-1)29-11-7-15-35(25-29)39(34-13-5-2-6-14-34)36-20-18-28-16-17-30(24-33(28)26-36)31-19-21-37-32(23-31)12-8-22-38-37/h1-26H. The van der Waals surface area contributed by atoms with E-state index in [0.29, 0.717) is 0 Å². The Morgan fingerprint density at radius 1 is 0.359 bits per heavy atom. The summed E-state index contributed by atoms with van der Waals surface area (Å²) in [5.41, 5.74) is 9.18. The van der Waals surface area contributed by atoms with Crippen molar-refractivity contribution in [3.05, 3.63) is 158 Å².